The molecule has 1 aliphatic carbocycles. The molecule has 0 aliphatic heterocycles. The van der Waals surface area contributed by atoms with Gasteiger partial charge in [0.1, 0.15) is 11.4 Å². The maximum atomic E-state index is 9.22. The SMILES string of the molecule is CC1(O)[CH]C=CC=C1O. The molecule has 0 bridgehead atoms. The maximum absolute atomic E-state index is 9.22. The van der Waals surface area contributed by atoms with Crippen molar-refractivity contribution in [3.05, 3.63) is 30.4 Å². The van der Waals surface area contributed by atoms with E-state index in [0.29, 0.717) is 0 Å². The Hall–Kier alpha value is -0.760. The van der Waals surface area contributed by atoms with E-state index in [9.17, 15) is 5.11 Å². The van der Waals surface area contributed by atoms with Crippen LogP contribution in [0.25, 0.3) is 0 Å². The summed E-state index contributed by atoms with van der Waals surface area (Å²) < 4.78 is 0. The topological polar surface area (TPSA) is 40.5 Å². The van der Waals surface area contributed by atoms with Gasteiger partial charge in [-0.2, -0.15) is 0 Å². The van der Waals surface area contributed by atoms with E-state index in [4.69, 9.17) is 5.11 Å². The van der Waals surface area contributed by atoms with E-state index in [0.717, 1.165) is 0 Å². The molecular weight excluding hydrogens is 116 g/mol. The number of rotatable bonds is 0. The summed E-state index contributed by atoms with van der Waals surface area (Å²) >= 11 is 0. The second-order valence-electron chi connectivity index (χ2n) is 2.25. The van der Waals surface area contributed by atoms with Crippen LogP contribution in [0.2, 0.25) is 0 Å². The number of aliphatic hydroxyl groups excluding tert-OH is 1. The fraction of sp³-hybridized carbons (Fsp3) is 0.286. The van der Waals surface area contributed by atoms with Crippen LogP contribution in [-0.4, -0.2) is 15.8 Å². The van der Waals surface area contributed by atoms with Gasteiger partial charge in [0.05, 0.1) is 0 Å². The standard InChI is InChI=1S/C7H9O2/c1-7(9)5-3-2-4-6(7)8/h2-5,8-9H,1H3. The van der Waals surface area contributed by atoms with Gasteiger partial charge >= 0.3 is 0 Å². The Morgan fingerprint density at radius 1 is 1.44 bits per heavy atom. The molecule has 2 N–H and O–H groups in total. The lowest BCUT2D eigenvalue weighted by atomic mass is 9.96. The number of hydrogen-bond donors (Lipinski definition) is 2. The average Bonchev–Trinajstić information content (AvgIpc) is 1.77. The number of aliphatic hydroxyl groups is 2. The molecule has 9 heavy (non-hydrogen) atoms. The van der Waals surface area contributed by atoms with Crippen LogP contribution in [0.1, 0.15) is 6.92 Å². The van der Waals surface area contributed by atoms with Gasteiger partial charge in [-0.05, 0) is 13.0 Å². The van der Waals surface area contributed by atoms with Gasteiger partial charge in [-0.1, -0.05) is 12.2 Å². The molecule has 1 unspecified atom stereocenters. The van der Waals surface area contributed by atoms with E-state index < -0.39 is 5.60 Å². The monoisotopic (exact) mass is 125 g/mol. The van der Waals surface area contributed by atoms with Crippen molar-refractivity contribution >= 4 is 0 Å². The van der Waals surface area contributed by atoms with Gasteiger partial charge in [-0.15, -0.1) is 0 Å². The fourth-order valence-electron chi connectivity index (χ4n) is 0.644. The highest BCUT2D eigenvalue weighted by molar-refractivity contribution is 5.29. The van der Waals surface area contributed by atoms with Crippen LogP contribution < -0.4 is 0 Å². The molecule has 1 atom stereocenters. The lowest BCUT2D eigenvalue weighted by Gasteiger charge is -2.21. The van der Waals surface area contributed by atoms with Crippen LogP contribution in [0, 0.1) is 6.42 Å². The zero-order valence-corrected chi connectivity index (χ0v) is 5.20. The summed E-state index contributed by atoms with van der Waals surface area (Å²) in [4.78, 5) is 0. The van der Waals surface area contributed by atoms with Gasteiger partial charge in [-0.25, -0.2) is 0 Å². The van der Waals surface area contributed by atoms with E-state index in [2.05, 4.69) is 0 Å². The van der Waals surface area contributed by atoms with Gasteiger partial charge in [0, 0.05) is 6.42 Å². The average molecular weight is 125 g/mol. The molecule has 1 rings (SSSR count). The Kier molecular flexibility index (Phi) is 1.33. The van der Waals surface area contributed by atoms with Crippen LogP contribution in [0.15, 0.2) is 24.0 Å². The quantitative estimate of drug-likeness (QED) is 0.506. The molecule has 0 aromatic rings. The van der Waals surface area contributed by atoms with Crippen molar-refractivity contribution in [1.29, 1.82) is 0 Å². The molecule has 49 valence electrons. The van der Waals surface area contributed by atoms with Gasteiger partial charge in [0.2, 0.25) is 0 Å². The first-order chi connectivity index (χ1) is 4.13. The van der Waals surface area contributed by atoms with Gasteiger partial charge in [-0.3, -0.25) is 0 Å². The molecule has 2 nitrogen and oxygen atoms in total. The highest BCUT2D eigenvalue weighted by Crippen LogP contribution is 2.20. The molecule has 2 heteroatoms. The van der Waals surface area contributed by atoms with Gasteiger partial charge in [0.25, 0.3) is 0 Å². The van der Waals surface area contributed by atoms with Crippen molar-refractivity contribution < 1.29 is 10.2 Å². The molecule has 0 heterocycles. The third-order valence-corrected chi connectivity index (χ3v) is 1.30. The summed E-state index contributed by atoms with van der Waals surface area (Å²) in [5.41, 5.74) is -1.16. The molecule has 0 aromatic carbocycles. The second-order valence-corrected chi connectivity index (χ2v) is 2.25. The summed E-state index contributed by atoms with van der Waals surface area (Å²) in [6, 6.07) is 0. The zero-order valence-electron chi connectivity index (χ0n) is 5.20. The smallest absolute Gasteiger partial charge is 0.125 e. The van der Waals surface area contributed by atoms with Crippen LogP contribution in [-0.2, 0) is 0 Å². The third kappa shape index (κ3) is 1.13. The van der Waals surface area contributed by atoms with Crippen molar-refractivity contribution in [2.75, 3.05) is 0 Å². The normalized spacial score (nSPS) is 34.2. The fourth-order valence-corrected chi connectivity index (χ4v) is 0.644. The Labute approximate surface area is 54.1 Å². The summed E-state index contributed by atoms with van der Waals surface area (Å²) in [5.74, 6) is -0.00926. The molecular formula is C7H9O2. The molecule has 0 spiro atoms. The largest absolute Gasteiger partial charge is 0.509 e. The first-order valence-corrected chi connectivity index (χ1v) is 2.77. The van der Waals surface area contributed by atoms with Gasteiger partial charge in [0.15, 0.2) is 0 Å². The molecule has 0 aromatic heterocycles. The van der Waals surface area contributed by atoms with Crippen molar-refractivity contribution in [2.24, 2.45) is 0 Å². The first kappa shape index (κ1) is 6.36. The molecule has 0 saturated carbocycles. The minimum Gasteiger partial charge on any atom is -0.509 e. The lowest BCUT2D eigenvalue weighted by Crippen LogP contribution is -2.27. The van der Waals surface area contributed by atoms with Crippen molar-refractivity contribution in [3.8, 4) is 0 Å². The summed E-state index contributed by atoms with van der Waals surface area (Å²) in [6.45, 7) is 1.53. The van der Waals surface area contributed by atoms with Crippen molar-refractivity contribution in [2.45, 2.75) is 12.5 Å². The minimum atomic E-state index is -1.16. The maximum Gasteiger partial charge on any atom is 0.125 e. The van der Waals surface area contributed by atoms with E-state index in [-0.39, 0.29) is 5.76 Å². The summed E-state index contributed by atoms with van der Waals surface area (Å²) in [7, 11) is 0. The number of hydrogen-bond acceptors (Lipinski definition) is 2. The minimum absolute atomic E-state index is 0.00926. The Morgan fingerprint density at radius 3 is 2.44 bits per heavy atom. The second kappa shape index (κ2) is 1.88. The highest BCUT2D eigenvalue weighted by Gasteiger charge is 2.25. The first-order valence-electron chi connectivity index (χ1n) is 2.77. The van der Waals surface area contributed by atoms with Crippen LogP contribution in [0.5, 0.6) is 0 Å². The molecule has 1 aliphatic rings. The van der Waals surface area contributed by atoms with Gasteiger partial charge < -0.3 is 10.2 Å². The summed E-state index contributed by atoms with van der Waals surface area (Å²) in [5, 5.41) is 18.2. The van der Waals surface area contributed by atoms with E-state index in [1.54, 1.807) is 12.2 Å². The highest BCUT2D eigenvalue weighted by atomic mass is 16.3. The van der Waals surface area contributed by atoms with Crippen LogP contribution >= 0.6 is 0 Å². The van der Waals surface area contributed by atoms with E-state index in [1.807, 2.05) is 0 Å². The predicted octanol–water partition coefficient (Wildman–Crippen LogP) is 0.953. The van der Waals surface area contributed by atoms with E-state index >= 15 is 0 Å². The van der Waals surface area contributed by atoms with Crippen molar-refractivity contribution in [1.82, 2.24) is 0 Å². The van der Waals surface area contributed by atoms with Crippen LogP contribution in [0.4, 0.5) is 0 Å². The zero-order chi connectivity index (χ0) is 6.91. The number of allylic oxidation sites excluding steroid dienone is 2. The molecule has 0 amide bonds. The third-order valence-electron chi connectivity index (χ3n) is 1.30. The Balaban J connectivity index is 2.83. The molecule has 0 saturated heterocycles. The van der Waals surface area contributed by atoms with Crippen LogP contribution in [0.3, 0.4) is 0 Å². The summed E-state index contributed by atoms with van der Waals surface area (Å²) in [6.07, 6.45) is 6.37. The Bertz CT molecular complexity index is 166. The lowest BCUT2D eigenvalue weighted by molar-refractivity contribution is 0.0859. The Morgan fingerprint density at radius 2 is 2.11 bits per heavy atom. The van der Waals surface area contributed by atoms with E-state index in [1.165, 1.54) is 19.4 Å². The molecule has 0 fully saturated rings. The van der Waals surface area contributed by atoms with Crippen molar-refractivity contribution in [3.63, 3.8) is 0 Å². The molecule has 1 radical (unpaired) electrons. The predicted molar refractivity (Wildman–Crippen MR) is 34.8 cm³/mol.